The lowest BCUT2D eigenvalue weighted by molar-refractivity contribution is -0.120. The van der Waals surface area contributed by atoms with Gasteiger partial charge in [0.05, 0.1) is 28.9 Å². The Morgan fingerprint density at radius 1 is 1.00 bits per heavy atom. The summed E-state index contributed by atoms with van der Waals surface area (Å²) in [6.45, 7) is 0. The molecule has 1 aliphatic carbocycles. The van der Waals surface area contributed by atoms with Crippen LogP contribution in [0.5, 0.6) is 0 Å². The largest absolute Gasteiger partial charge is 0.516 e. The Morgan fingerprint density at radius 3 is 2.38 bits per heavy atom. The first kappa shape index (κ1) is 28.3. The van der Waals surface area contributed by atoms with Crippen LogP contribution in [-0.4, -0.2) is 42.6 Å². The zero-order chi connectivity index (χ0) is 28.8. The average Bonchev–Trinajstić information content (AvgIpc) is 3.28. The van der Waals surface area contributed by atoms with Crippen LogP contribution in [0.15, 0.2) is 36.4 Å². The van der Waals surface area contributed by atoms with Crippen LogP contribution in [-0.2, 0) is 19.6 Å². The summed E-state index contributed by atoms with van der Waals surface area (Å²) in [7, 11) is -4.01. The van der Waals surface area contributed by atoms with Crippen molar-refractivity contribution in [3.63, 3.8) is 0 Å². The number of nitrogens with one attached hydrogen (secondary N) is 1. The number of anilines is 2. The second-order valence-corrected chi connectivity index (χ2v) is 11.7. The average molecular weight is 587 g/mol. The maximum absolute atomic E-state index is 14.2. The highest BCUT2D eigenvalue weighted by atomic mass is 32.2. The first-order chi connectivity index (χ1) is 18.9. The van der Waals surface area contributed by atoms with Crippen molar-refractivity contribution in [3.05, 3.63) is 53.9 Å². The predicted molar refractivity (Wildman–Crippen MR) is 137 cm³/mol. The van der Waals surface area contributed by atoms with Crippen molar-refractivity contribution in [3.8, 4) is 0 Å². The molecule has 8 nitrogen and oxygen atoms in total. The van der Waals surface area contributed by atoms with Crippen LogP contribution in [0.25, 0.3) is 11.0 Å². The van der Waals surface area contributed by atoms with Crippen LogP contribution in [0.2, 0.25) is 0 Å². The molecule has 1 saturated carbocycles. The predicted octanol–water partition coefficient (Wildman–Crippen LogP) is 5.96. The number of piperidine rings is 1. The maximum atomic E-state index is 14.2. The highest BCUT2D eigenvalue weighted by Crippen LogP contribution is 2.41. The molecule has 0 radical (unpaired) electrons. The molecule has 5 rings (SSSR count). The number of nitrogens with zero attached hydrogens (tertiary/aromatic N) is 3. The van der Waals surface area contributed by atoms with E-state index in [4.69, 9.17) is 9.72 Å². The Morgan fingerprint density at radius 2 is 1.73 bits per heavy atom. The Bertz CT molecular complexity index is 1530. The van der Waals surface area contributed by atoms with Gasteiger partial charge in [-0.05, 0) is 68.9 Å². The monoisotopic (exact) mass is 586 g/mol. The van der Waals surface area contributed by atoms with Crippen molar-refractivity contribution in [2.75, 3.05) is 16.7 Å². The number of carbonyl (C=O) groups excluding carboxylic acids is 1. The number of carbonyl (C=O) groups is 1. The number of rotatable bonds is 6. The molecule has 0 unspecified atom stereocenters. The van der Waals surface area contributed by atoms with Gasteiger partial charge in [0, 0.05) is 31.3 Å². The molecule has 2 aliphatic rings. The summed E-state index contributed by atoms with van der Waals surface area (Å²) < 4.78 is 99.2. The van der Waals surface area contributed by atoms with Crippen LogP contribution in [0, 0.1) is 11.6 Å². The Hall–Kier alpha value is -3.26. The number of methoxy groups -OCH3 is 1. The molecule has 1 saturated heterocycles. The number of alkyl halides is 3. The minimum Gasteiger partial charge on any atom is -0.381 e. The minimum atomic E-state index is -5.65. The molecule has 14 heteroatoms. The van der Waals surface area contributed by atoms with Gasteiger partial charge in [0.2, 0.25) is 5.91 Å². The van der Waals surface area contributed by atoms with Gasteiger partial charge in [0.1, 0.15) is 5.82 Å². The summed E-state index contributed by atoms with van der Waals surface area (Å²) >= 11 is 0. The number of halogens is 5. The van der Waals surface area contributed by atoms with Gasteiger partial charge in [0.25, 0.3) is 0 Å². The summed E-state index contributed by atoms with van der Waals surface area (Å²) in [6.07, 6.45) is 4.14. The van der Waals surface area contributed by atoms with E-state index < -0.39 is 33.2 Å². The van der Waals surface area contributed by atoms with Gasteiger partial charge in [-0.3, -0.25) is 9.52 Å². The van der Waals surface area contributed by atoms with Crippen LogP contribution in [0.3, 0.4) is 0 Å². The summed E-state index contributed by atoms with van der Waals surface area (Å²) in [5.41, 5.74) is -4.88. The lowest BCUT2D eigenvalue weighted by Gasteiger charge is -2.37. The SMILES string of the molecule is COC1CCC(n2c([C@@H]3CCCC(=O)N3c3ccc(F)c(F)c3)nc3cc(NS(=O)(=O)C(F)(F)F)ccc32)CC1. The minimum absolute atomic E-state index is 0.0767. The zero-order valence-electron chi connectivity index (χ0n) is 21.4. The highest BCUT2D eigenvalue weighted by Gasteiger charge is 2.46. The third-order valence-corrected chi connectivity index (χ3v) is 8.66. The van der Waals surface area contributed by atoms with Gasteiger partial charge in [0.15, 0.2) is 11.6 Å². The van der Waals surface area contributed by atoms with E-state index >= 15 is 0 Å². The fraction of sp³-hybridized carbons (Fsp3) is 0.462. The van der Waals surface area contributed by atoms with Gasteiger partial charge in [-0.15, -0.1) is 0 Å². The molecular weight excluding hydrogens is 559 g/mol. The fourth-order valence-corrected chi connectivity index (χ4v) is 6.18. The van der Waals surface area contributed by atoms with Crippen molar-refractivity contribution in [2.45, 2.75) is 68.6 Å². The normalized spacial score (nSPS) is 22.6. The highest BCUT2D eigenvalue weighted by molar-refractivity contribution is 7.93. The molecule has 1 aliphatic heterocycles. The molecule has 1 aromatic heterocycles. The lowest BCUT2D eigenvalue weighted by atomic mass is 9.92. The quantitative estimate of drug-likeness (QED) is 0.360. The molecule has 3 aromatic rings. The first-order valence-electron chi connectivity index (χ1n) is 12.8. The van der Waals surface area contributed by atoms with E-state index in [-0.39, 0.29) is 41.4 Å². The van der Waals surface area contributed by atoms with Crippen LogP contribution >= 0.6 is 0 Å². The van der Waals surface area contributed by atoms with Crippen LogP contribution < -0.4 is 9.62 Å². The molecule has 2 fully saturated rings. The fourth-order valence-electron chi connectivity index (χ4n) is 5.63. The molecule has 2 aromatic carbocycles. The number of hydrogen-bond donors (Lipinski definition) is 1. The molecule has 2 heterocycles. The number of sulfonamides is 1. The molecule has 1 atom stereocenters. The van der Waals surface area contributed by atoms with E-state index in [9.17, 15) is 35.2 Å². The summed E-state index contributed by atoms with van der Waals surface area (Å²) in [5.74, 6) is -2.03. The number of fused-ring (bicyclic) bond motifs is 1. The van der Waals surface area contributed by atoms with E-state index in [0.717, 1.165) is 25.0 Å². The number of ether oxygens (including phenoxy) is 1. The van der Waals surface area contributed by atoms with Gasteiger partial charge in [-0.2, -0.15) is 21.6 Å². The molecule has 216 valence electrons. The first-order valence-corrected chi connectivity index (χ1v) is 14.3. The van der Waals surface area contributed by atoms with Crippen molar-refractivity contribution in [1.82, 2.24) is 9.55 Å². The molecule has 1 amide bonds. The third kappa shape index (κ3) is 5.26. The van der Waals surface area contributed by atoms with Crippen molar-refractivity contribution in [1.29, 1.82) is 0 Å². The summed E-state index contributed by atoms with van der Waals surface area (Å²) in [5, 5.41) is 0. The lowest BCUT2D eigenvalue weighted by Crippen LogP contribution is -2.40. The van der Waals surface area contributed by atoms with E-state index in [1.54, 1.807) is 11.8 Å². The third-order valence-electron chi connectivity index (χ3n) is 7.54. The smallest absolute Gasteiger partial charge is 0.381 e. The van der Waals surface area contributed by atoms with Gasteiger partial charge >= 0.3 is 15.5 Å². The molecule has 0 bridgehead atoms. The van der Waals surface area contributed by atoms with E-state index in [2.05, 4.69) is 0 Å². The number of benzene rings is 2. The number of hydrogen-bond acceptors (Lipinski definition) is 5. The topological polar surface area (TPSA) is 93.5 Å². The van der Waals surface area contributed by atoms with E-state index in [1.165, 1.54) is 29.2 Å². The molecule has 0 spiro atoms. The van der Waals surface area contributed by atoms with Gasteiger partial charge < -0.3 is 14.2 Å². The molecule has 1 N–H and O–H groups in total. The van der Waals surface area contributed by atoms with Gasteiger partial charge in [-0.25, -0.2) is 13.8 Å². The number of aromatic nitrogens is 2. The number of imidazole rings is 1. The Balaban J connectivity index is 1.62. The Labute approximate surface area is 227 Å². The van der Waals surface area contributed by atoms with E-state index in [1.807, 2.05) is 4.57 Å². The van der Waals surface area contributed by atoms with Crippen molar-refractivity contribution >= 4 is 38.3 Å². The second kappa shape index (κ2) is 10.6. The standard InChI is InChI=1S/C26H27F5N4O4S/c1-39-18-9-6-16(7-10-18)35-22-12-5-15(33-40(37,38)26(29,30)31)13-21(22)32-25(35)23-3-2-4-24(36)34(23)17-8-11-19(27)20(28)14-17/h5,8,11-14,16,18,23,33H,2-4,6-7,9-10H2,1H3/t16?,18?,23-/m0/s1. The van der Waals surface area contributed by atoms with Crippen molar-refractivity contribution < 1.29 is 39.9 Å². The summed E-state index contributed by atoms with van der Waals surface area (Å²) in [4.78, 5) is 19.2. The summed E-state index contributed by atoms with van der Waals surface area (Å²) in [6, 6.07) is 6.38. The molecular formula is C26H27F5N4O4S. The second-order valence-electron chi connectivity index (χ2n) is 10.0. The Kier molecular flexibility index (Phi) is 7.50. The van der Waals surface area contributed by atoms with Crippen molar-refractivity contribution in [2.24, 2.45) is 0 Å². The maximum Gasteiger partial charge on any atom is 0.516 e. The number of amides is 1. The van der Waals surface area contributed by atoms with Crippen LogP contribution in [0.1, 0.15) is 62.9 Å². The van der Waals surface area contributed by atoms with Crippen LogP contribution in [0.4, 0.5) is 33.3 Å². The zero-order valence-corrected chi connectivity index (χ0v) is 22.2. The molecule has 40 heavy (non-hydrogen) atoms. The van der Waals surface area contributed by atoms with E-state index in [0.29, 0.717) is 37.0 Å². The van der Waals surface area contributed by atoms with Gasteiger partial charge in [-0.1, -0.05) is 0 Å².